The number of fused-ring (bicyclic) bond motifs is 1. The molecule has 3 aromatic rings. The highest BCUT2D eigenvalue weighted by Crippen LogP contribution is 2.31. The predicted octanol–water partition coefficient (Wildman–Crippen LogP) is 6.54. The molecule has 4 rings (SSSR count). The van der Waals surface area contributed by atoms with E-state index in [1.165, 1.54) is 16.7 Å². The summed E-state index contributed by atoms with van der Waals surface area (Å²) in [6.45, 7) is 6.82. The number of aliphatic hydroxyl groups excluding tert-OH is 1. The van der Waals surface area contributed by atoms with Crippen molar-refractivity contribution in [3.63, 3.8) is 0 Å². The summed E-state index contributed by atoms with van der Waals surface area (Å²) >= 11 is 6.21. The first-order valence-electron chi connectivity index (χ1n) is 13.4. The second-order valence-corrected chi connectivity index (χ2v) is 10.9. The Morgan fingerprint density at radius 2 is 1.87 bits per heavy atom. The van der Waals surface area contributed by atoms with Crippen molar-refractivity contribution in [2.45, 2.75) is 70.7 Å². The molecular formula is C32H38ClNO4. The number of esters is 1. The first kappa shape index (κ1) is 28.2. The Morgan fingerprint density at radius 1 is 1.08 bits per heavy atom. The van der Waals surface area contributed by atoms with Crippen LogP contribution in [0.5, 0.6) is 5.75 Å². The molecule has 0 fully saturated rings. The zero-order chi connectivity index (χ0) is 27.1. The summed E-state index contributed by atoms with van der Waals surface area (Å²) in [5.74, 6) is 0.285. The van der Waals surface area contributed by atoms with Crippen molar-refractivity contribution < 1.29 is 19.4 Å². The standard InChI is InChI=1S/C32H38ClNO4/c1-4-37-31(36)32(2,3)38-29-17-16-24-12-9-15-28(19-26(24)20-29)34(21-23-10-6-5-7-11-23)22-30(35)25-13-8-14-27(33)18-25/h5-8,10-11,13-14,16-18,20,28,30,35H,4,9,12,15,19,21-22H2,1-3H3/t28-,30-/m0/s1. The lowest BCUT2D eigenvalue weighted by atomic mass is 9.99. The molecule has 0 spiro atoms. The van der Waals surface area contributed by atoms with E-state index in [2.05, 4.69) is 41.3 Å². The molecule has 3 aromatic carbocycles. The van der Waals surface area contributed by atoms with Crippen molar-refractivity contribution in [2.75, 3.05) is 13.2 Å². The number of aryl methyl sites for hydroxylation is 1. The number of rotatable bonds is 10. The zero-order valence-electron chi connectivity index (χ0n) is 22.5. The Bertz CT molecular complexity index is 1210. The quantitative estimate of drug-likeness (QED) is 0.236. The lowest BCUT2D eigenvalue weighted by Crippen LogP contribution is -2.40. The molecule has 0 radical (unpaired) electrons. The van der Waals surface area contributed by atoms with Crippen LogP contribution in [0.25, 0.3) is 0 Å². The molecular weight excluding hydrogens is 498 g/mol. The maximum Gasteiger partial charge on any atom is 0.349 e. The fraction of sp³-hybridized carbons (Fsp3) is 0.406. The van der Waals surface area contributed by atoms with Gasteiger partial charge < -0.3 is 14.6 Å². The van der Waals surface area contributed by atoms with E-state index in [0.717, 1.165) is 37.8 Å². The van der Waals surface area contributed by atoms with Crippen molar-refractivity contribution in [1.29, 1.82) is 0 Å². The summed E-state index contributed by atoms with van der Waals surface area (Å²) in [6.07, 6.45) is 3.25. The number of hydrogen-bond donors (Lipinski definition) is 1. The minimum Gasteiger partial charge on any atom is -0.476 e. The first-order valence-corrected chi connectivity index (χ1v) is 13.8. The van der Waals surface area contributed by atoms with E-state index in [0.29, 0.717) is 23.9 Å². The molecule has 5 nitrogen and oxygen atoms in total. The summed E-state index contributed by atoms with van der Waals surface area (Å²) in [6, 6.07) is 24.2. The van der Waals surface area contributed by atoms with Gasteiger partial charge in [-0.3, -0.25) is 4.90 Å². The van der Waals surface area contributed by atoms with Crippen LogP contribution in [0.4, 0.5) is 0 Å². The van der Waals surface area contributed by atoms with Gasteiger partial charge in [-0.2, -0.15) is 0 Å². The number of aliphatic hydroxyl groups is 1. The number of halogens is 1. The van der Waals surface area contributed by atoms with Crippen LogP contribution in [0.3, 0.4) is 0 Å². The molecule has 0 aliphatic heterocycles. The minimum absolute atomic E-state index is 0.235. The molecule has 0 aromatic heterocycles. The van der Waals surface area contributed by atoms with E-state index in [9.17, 15) is 9.90 Å². The minimum atomic E-state index is -1.07. The van der Waals surface area contributed by atoms with Crippen LogP contribution in [0.1, 0.15) is 62.0 Å². The topological polar surface area (TPSA) is 59.0 Å². The monoisotopic (exact) mass is 535 g/mol. The van der Waals surface area contributed by atoms with E-state index in [1.54, 1.807) is 20.8 Å². The molecule has 2 atom stereocenters. The van der Waals surface area contributed by atoms with E-state index in [-0.39, 0.29) is 12.0 Å². The zero-order valence-corrected chi connectivity index (χ0v) is 23.3. The van der Waals surface area contributed by atoms with Crippen molar-refractivity contribution in [1.82, 2.24) is 4.90 Å². The number of carbonyl (C=O) groups is 1. The van der Waals surface area contributed by atoms with Crippen LogP contribution >= 0.6 is 11.6 Å². The van der Waals surface area contributed by atoms with Crippen LogP contribution in [0, 0.1) is 0 Å². The molecule has 38 heavy (non-hydrogen) atoms. The smallest absolute Gasteiger partial charge is 0.349 e. The maximum atomic E-state index is 12.4. The third-order valence-corrected chi connectivity index (χ3v) is 7.38. The Kier molecular flexibility index (Phi) is 9.48. The van der Waals surface area contributed by atoms with Gasteiger partial charge in [-0.05, 0) is 93.0 Å². The largest absolute Gasteiger partial charge is 0.476 e. The van der Waals surface area contributed by atoms with Crippen LogP contribution in [-0.2, 0) is 28.9 Å². The second-order valence-electron chi connectivity index (χ2n) is 10.5. The Labute approximate surface area is 231 Å². The Balaban J connectivity index is 1.57. The number of carbonyl (C=O) groups excluding carboxylic acids is 1. The van der Waals surface area contributed by atoms with Crippen molar-refractivity contribution in [3.8, 4) is 5.75 Å². The summed E-state index contributed by atoms with van der Waals surface area (Å²) in [5.41, 5.74) is 3.49. The maximum absolute atomic E-state index is 12.4. The molecule has 1 N–H and O–H groups in total. The van der Waals surface area contributed by atoms with E-state index in [1.807, 2.05) is 36.4 Å². The van der Waals surface area contributed by atoms with Gasteiger partial charge in [-0.25, -0.2) is 4.79 Å². The molecule has 1 aliphatic rings. The van der Waals surface area contributed by atoms with Crippen molar-refractivity contribution in [2.24, 2.45) is 0 Å². The van der Waals surface area contributed by atoms with Crippen LogP contribution in [-0.4, -0.2) is 40.8 Å². The van der Waals surface area contributed by atoms with Gasteiger partial charge >= 0.3 is 5.97 Å². The third-order valence-electron chi connectivity index (χ3n) is 7.14. The van der Waals surface area contributed by atoms with Gasteiger partial charge in [-0.15, -0.1) is 0 Å². The van der Waals surface area contributed by atoms with Gasteiger partial charge in [0.15, 0.2) is 5.60 Å². The molecule has 0 amide bonds. The van der Waals surface area contributed by atoms with Crippen LogP contribution in [0.2, 0.25) is 5.02 Å². The van der Waals surface area contributed by atoms with Gasteiger partial charge in [-0.1, -0.05) is 60.1 Å². The van der Waals surface area contributed by atoms with E-state index >= 15 is 0 Å². The van der Waals surface area contributed by atoms with Gasteiger partial charge in [0, 0.05) is 24.2 Å². The summed E-state index contributed by atoms with van der Waals surface area (Å²) in [5, 5.41) is 11.8. The fourth-order valence-corrected chi connectivity index (χ4v) is 5.34. The summed E-state index contributed by atoms with van der Waals surface area (Å²) in [7, 11) is 0. The van der Waals surface area contributed by atoms with Crippen LogP contribution in [0.15, 0.2) is 72.8 Å². The fourth-order valence-electron chi connectivity index (χ4n) is 5.14. The van der Waals surface area contributed by atoms with Crippen LogP contribution < -0.4 is 4.74 Å². The van der Waals surface area contributed by atoms with Crippen molar-refractivity contribution in [3.05, 3.63) is 100 Å². The Morgan fingerprint density at radius 3 is 2.61 bits per heavy atom. The van der Waals surface area contributed by atoms with Crippen molar-refractivity contribution >= 4 is 17.6 Å². The average Bonchev–Trinajstić information content (AvgIpc) is 3.11. The SMILES string of the molecule is CCOC(=O)C(C)(C)Oc1ccc2c(c1)C[C@@H](N(Cc1ccccc1)C[C@H](O)c1cccc(Cl)c1)CCC2. The molecule has 1 aliphatic carbocycles. The highest BCUT2D eigenvalue weighted by Gasteiger charge is 2.32. The highest BCUT2D eigenvalue weighted by atomic mass is 35.5. The summed E-state index contributed by atoms with van der Waals surface area (Å²) in [4.78, 5) is 14.8. The second kappa shape index (κ2) is 12.8. The third kappa shape index (κ3) is 7.37. The molecule has 202 valence electrons. The molecule has 0 saturated heterocycles. The normalized spacial score (nSPS) is 16.4. The molecule has 6 heteroatoms. The average molecular weight is 536 g/mol. The first-order chi connectivity index (χ1) is 18.2. The van der Waals surface area contributed by atoms with Gasteiger partial charge in [0.05, 0.1) is 12.7 Å². The van der Waals surface area contributed by atoms with E-state index in [4.69, 9.17) is 21.1 Å². The number of hydrogen-bond acceptors (Lipinski definition) is 5. The molecule has 0 saturated carbocycles. The van der Waals surface area contributed by atoms with Gasteiger partial charge in [0.2, 0.25) is 0 Å². The number of nitrogens with zero attached hydrogens (tertiary/aromatic N) is 1. The van der Waals surface area contributed by atoms with Gasteiger partial charge in [0.1, 0.15) is 5.75 Å². The Hall–Kier alpha value is -2.86. The summed E-state index contributed by atoms with van der Waals surface area (Å²) < 4.78 is 11.3. The predicted molar refractivity (Wildman–Crippen MR) is 151 cm³/mol. The lowest BCUT2D eigenvalue weighted by molar-refractivity contribution is -0.158. The van der Waals surface area contributed by atoms with E-state index < -0.39 is 11.7 Å². The highest BCUT2D eigenvalue weighted by molar-refractivity contribution is 6.30. The lowest BCUT2D eigenvalue weighted by Gasteiger charge is -2.33. The number of ether oxygens (including phenoxy) is 2. The van der Waals surface area contributed by atoms with Gasteiger partial charge in [0.25, 0.3) is 0 Å². The number of benzene rings is 3. The molecule has 0 bridgehead atoms. The molecule has 0 unspecified atom stereocenters. The molecule has 0 heterocycles.